The van der Waals surface area contributed by atoms with E-state index >= 15 is 0 Å². The van der Waals surface area contributed by atoms with Crippen LogP contribution in [0.3, 0.4) is 0 Å². The zero-order valence-electron chi connectivity index (χ0n) is 10.4. The van der Waals surface area contributed by atoms with Crippen molar-refractivity contribution < 1.29 is 14.3 Å². The molecule has 0 radical (unpaired) electrons. The summed E-state index contributed by atoms with van der Waals surface area (Å²) >= 11 is 1.45. The molecule has 6 heteroatoms. The number of halogens is 1. The number of amides is 1. The number of rotatable bonds is 3. The SMILES string of the molecule is O=C(NCc1sccc1C#CCO)c1cncc(F)c1. The molecule has 2 aromatic heterocycles. The van der Waals surface area contributed by atoms with Crippen LogP contribution in [0.15, 0.2) is 29.9 Å². The predicted octanol–water partition coefficient (Wildman–Crippen LogP) is 1.56. The van der Waals surface area contributed by atoms with Crippen molar-refractivity contribution in [1.82, 2.24) is 10.3 Å². The first kappa shape index (κ1) is 14.2. The van der Waals surface area contributed by atoms with E-state index in [-0.39, 0.29) is 12.2 Å². The Morgan fingerprint density at radius 3 is 3.10 bits per heavy atom. The number of nitrogens with zero attached hydrogens (tertiary/aromatic N) is 1. The molecular weight excluding hydrogens is 279 g/mol. The van der Waals surface area contributed by atoms with Crippen LogP contribution in [0.4, 0.5) is 4.39 Å². The van der Waals surface area contributed by atoms with Gasteiger partial charge in [-0.3, -0.25) is 9.78 Å². The number of carbonyl (C=O) groups is 1. The van der Waals surface area contributed by atoms with Gasteiger partial charge in [-0.2, -0.15) is 0 Å². The molecule has 0 atom stereocenters. The molecule has 0 aliphatic carbocycles. The lowest BCUT2D eigenvalue weighted by molar-refractivity contribution is 0.0950. The molecule has 0 aliphatic rings. The molecule has 0 fully saturated rings. The number of aliphatic hydroxyl groups excluding tert-OH is 1. The fourth-order valence-electron chi connectivity index (χ4n) is 1.52. The van der Waals surface area contributed by atoms with Gasteiger partial charge in [-0.1, -0.05) is 11.8 Å². The zero-order valence-corrected chi connectivity index (χ0v) is 11.2. The van der Waals surface area contributed by atoms with Crippen molar-refractivity contribution in [2.75, 3.05) is 6.61 Å². The summed E-state index contributed by atoms with van der Waals surface area (Å²) in [5.74, 6) is 4.41. The molecule has 20 heavy (non-hydrogen) atoms. The minimum Gasteiger partial charge on any atom is -0.384 e. The molecular formula is C14H11FN2O2S. The lowest BCUT2D eigenvalue weighted by Crippen LogP contribution is -2.22. The molecule has 2 aromatic rings. The summed E-state index contributed by atoms with van der Waals surface area (Å²) in [5, 5.41) is 13.2. The molecule has 2 rings (SSSR count). The van der Waals surface area contributed by atoms with Crippen molar-refractivity contribution in [2.45, 2.75) is 6.54 Å². The van der Waals surface area contributed by atoms with E-state index in [4.69, 9.17) is 5.11 Å². The summed E-state index contributed by atoms with van der Waals surface area (Å²) in [6.45, 7) is 0.0824. The van der Waals surface area contributed by atoms with Crippen LogP contribution in [0.5, 0.6) is 0 Å². The van der Waals surface area contributed by atoms with Crippen molar-refractivity contribution in [3.8, 4) is 11.8 Å². The van der Waals surface area contributed by atoms with E-state index in [1.165, 1.54) is 17.5 Å². The molecule has 0 unspecified atom stereocenters. The highest BCUT2D eigenvalue weighted by molar-refractivity contribution is 7.10. The molecule has 0 bridgehead atoms. The van der Waals surface area contributed by atoms with Crippen LogP contribution < -0.4 is 5.32 Å². The normalized spacial score (nSPS) is 9.70. The van der Waals surface area contributed by atoms with E-state index in [1.807, 2.05) is 11.4 Å². The topological polar surface area (TPSA) is 62.2 Å². The average Bonchev–Trinajstić information content (AvgIpc) is 2.90. The van der Waals surface area contributed by atoms with Gasteiger partial charge in [-0.25, -0.2) is 4.39 Å². The molecule has 1 amide bonds. The van der Waals surface area contributed by atoms with E-state index in [2.05, 4.69) is 22.1 Å². The van der Waals surface area contributed by atoms with E-state index in [0.717, 1.165) is 22.7 Å². The minimum absolute atomic E-state index is 0.171. The van der Waals surface area contributed by atoms with Gasteiger partial charge >= 0.3 is 0 Å². The van der Waals surface area contributed by atoms with Crippen molar-refractivity contribution in [3.63, 3.8) is 0 Å². The molecule has 102 valence electrons. The van der Waals surface area contributed by atoms with Crippen molar-refractivity contribution in [3.05, 3.63) is 51.7 Å². The lowest BCUT2D eigenvalue weighted by Gasteiger charge is -2.04. The summed E-state index contributed by atoms with van der Waals surface area (Å²) in [6, 6.07) is 2.95. The first-order chi connectivity index (χ1) is 9.70. The maximum absolute atomic E-state index is 13.0. The number of pyridine rings is 1. The van der Waals surface area contributed by atoms with E-state index in [1.54, 1.807) is 0 Å². The number of hydrogen-bond acceptors (Lipinski definition) is 4. The predicted molar refractivity (Wildman–Crippen MR) is 73.6 cm³/mol. The summed E-state index contributed by atoms with van der Waals surface area (Å²) in [6.07, 6.45) is 2.35. The van der Waals surface area contributed by atoms with Gasteiger partial charge in [0.2, 0.25) is 0 Å². The first-order valence-electron chi connectivity index (χ1n) is 5.75. The van der Waals surface area contributed by atoms with Crippen LogP contribution in [0, 0.1) is 17.7 Å². The molecule has 0 aromatic carbocycles. The Labute approximate surface area is 119 Å². The van der Waals surface area contributed by atoms with E-state index in [0.29, 0.717) is 6.54 Å². The number of carbonyl (C=O) groups excluding carboxylic acids is 1. The molecule has 0 saturated carbocycles. The third-order valence-corrected chi connectivity index (χ3v) is 3.35. The maximum Gasteiger partial charge on any atom is 0.253 e. The van der Waals surface area contributed by atoms with Crippen molar-refractivity contribution in [1.29, 1.82) is 0 Å². The molecule has 2 heterocycles. The van der Waals surface area contributed by atoms with E-state index in [9.17, 15) is 9.18 Å². The van der Waals surface area contributed by atoms with Gasteiger partial charge in [0.15, 0.2) is 0 Å². The number of hydrogen-bond donors (Lipinski definition) is 2. The van der Waals surface area contributed by atoms with Crippen molar-refractivity contribution >= 4 is 17.2 Å². The van der Waals surface area contributed by atoms with Gasteiger partial charge in [0.25, 0.3) is 5.91 Å². The van der Waals surface area contributed by atoms with Gasteiger partial charge < -0.3 is 10.4 Å². The van der Waals surface area contributed by atoms with Gasteiger partial charge in [0.1, 0.15) is 12.4 Å². The summed E-state index contributed by atoms with van der Waals surface area (Å²) < 4.78 is 13.0. The van der Waals surface area contributed by atoms with E-state index < -0.39 is 11.7 Å². The standard InChI is InChI=1S/C14H11FN2O2S/c15-12-6-11(7-16-8-12)14(19)17-9-13-10(2-1-4-18)3-5-20-13/h3,5-8,18H,4,9H2,(H,17,19). The first-order valence-corrected chi connectivity index (χ1v) is 6.63. The highest BCUT2D eigenvalue weighted by Crippen LogP contribution is 2.15. The highest BCUT2D eigenvalue weighted by atomic mass is 32.1. The van der Waals surface area contributed by atoms with Crippen LogP contribution >= 0.6 is 11.3 Å². The fraction of sp³-hybridized carbons (Fsp3) is 0.143. The van der Waals surface area contributed by atoms with Gasteiger partial charge in [0, 0.05) is 16.6 Å². The number of aliphatic hydroxyl groups is 1. The summed E-state index contributed by atoms with van der Waals surface area (Å²) in [4.78, 5) is 16.3. The van der Waals surface area contributed by atoms with Gasteiger partial charge in [-0.05, 0) is 17.5 Å². The second-order valence-electron chi connectivity index (χ2n) is 3.79. The second-order valence-corrected chi connectivity index (χ2v) is 4.79. The summed E-state index contributed by atoms with van der Waals surface area (Å²) in [5.41, 5.74) is 0.936. The van der Waals surface area contributed by atoms with Crippen LogP contribution in [0.1, 0.15) is 20.8 Å². The number of thiophene rings is 1. The maximum atomic E-state index is 13.0. The fourth-order valence-corrected chi connectivity index (χ4v) is 2.29. The second kappa shape index (κ2) is 6.80. The third-order valence-electron chi connectivity index (χ3n) is 2.42. The molecule has 2 N–H and O–H groups in total. The van der Waals surface area contributed by atoms with Gasteiger partial charge in [-0.15, -0.1) is 11.3 Å². The Morgan fingerprint density at radius 2 is 2.35 bits per heavy atom. The Bertz CT molecular complexity index is 673. The number of nitrogens with one attached hydrogen (secondary N) is 1. The van der Waals surface area contributed by atoms with Crippen LogP contribution in [0.2, 0.25) is 0 Å². The largest absolute Gasteiger partial charge is 0.384 e. The molecule has 0 spiro atoms. The molecule has 4 nitrogen and oxygen atoms in total. The quantitative estimate of drug-likeness (QED) is 0.843. The molecule has 0 saturated heterocycles. The lowest BCUT2D eigenvalue weighted by atomic mass is 10.2. The monoisotopic (exact) mass is 290 g/mol. The minimum atomic E-state index is -0.553. The number of aromatic nitrogens is 1. The Balaban J connectivity index is 2.02. The Morgan fingerprint density at radius 1 is 1.50 bits per heavy atom. The summed E-state index contributed by atoms with van der Waals surface area (Å²) in [7, 11) is 0. The smallest absolute Gasteiger partial charge is 0.253 e. The third kappa shape index (κ3) is 3.63. The average molecular weight is 290 g/mol. The van der Waals surface area contributed by atoms with Gasteiger partial charge in [0.05, 0.1) is 18.3 Å². The Kier molecular flexibility index (Phi) is 4.82. The van der Waals surface area contributed by atoms with Crippen LogP contribution in [0.25, 0.3) is 0 Å². The zero-order chi connectivity index (χ0) is 14.4. The van der Waals surface area contributed by atoms with Crippen LogP contribution in [-0.2, 0) is 6.54 Å². The van der Waals surface area contributed by atoms with Crippen LogP contribution in [-0.4, -0.2) is 22.6 Å². The Hall–Kier alpha value is -2.23. The van der Waals surface area contributed by atoms with Crippen molar-refractivity contribution in [2.24, 2.45) is 0 Å². The highest BCUT2D eigenvalue weighted by Gasteiger charge is 2.08. The molecule has 0 aliphatic heterocycles.